The van der Waals surface area contributed by atoms with Gasteiger partial charge >= 0.3 is 0 Å². The van der Waals surface area contributed by atoms with Crippen molar-refractivity contribution in [1.29, 1.82) is 10.5 Å². The van der Waals surface area contributed by atoms with Crippen LogP contribution in [-0.4, -0.2) is 43.1 Å². The standard InChI is InChI=1S/C15H18ClN5/c1-3-11-12(9-17)14(16)19-15(13(11)10-18)21-6-4-5-20(2)7-8-21/h3-8H2,1-2H3. The van der Waals surface area contributed by atoms with Crippen LogP contribution in [0.1, 0.15) is 30.0 Å². The van der Waals surface area contributed by atoms with Crippen LogP contribution in [0.2, 0.25) is 5.15 Å². The van der Waals surface area contributed by atoms with Gasteiger partial charge in [-0.2, -0.15) is 10.5 Å². The maximum Gasteiger partial charge on any atom is 0.149 e. The molecule has 0 aliphatic carbocycles. The van der Waals surface area contributed by atoms with Gasteiger partial charge < -0.3 is 9.80 Å². The van der Waals surface area contributed by atoms with Gasteiger partial charge in [0.15, 0.2) is 0 Å². The third kappa shape index (κ3) is 3.10. The molecule has 2 rings (SSSR count). The first kappa shape index (κ1) is 15.6. The maximum absolute atomic E-state index is 9.51. The summed E-state index contributed by atoms with van der Waals surface area (Å²) in [7, 11) is 2.09. The van der Waals surface area contributed by atoms with Crippen molar-refractivity contribution in [1.82, 2.24) is 9.88 Å². The first-order valence-corrected chi connectivity index (χ1v) is 7.46. The molecule has 1 fully saturated rings. The number of anilines is 1. The second-order valence-electron chi connectivity index (χ2n) is 5.18. The number of halogens is 1. The molecule has 0 unspecified atom stereocenters. The summed E-state index contributed by atoms with van der Waals surface area (Å²) in [6.07, 6.45) is 1.61. The zero-order valence-corrected chi connectivity index (χ0v) is 13.1. The number of rotatable bonds is 2. The minimum Gasteiger partial charge on any atom is -0.354 e. The lowest BCUT2D eigenvalue weighted by Gasteiger charge is -2.24. The van der Waals surface area contributed by atoms with Gasteiger partial charge in [-0.25, -0.2) is 4.98 Å². The van der Waals surface area contributed by atoms with E-state index in [9.17, 15) is 10.5 Å². The third-order valence-electron chi connectivity index (χ3n) is 3.83. The molecule has 0 atom stereocenters. The molecular weight excluding hydrogens is 286 g/mol. The summed E-state index contributed by atoms with van der Waals surface area (Å²) in [5, 5.41) is 18.9. The molecule has 6 heteroatoms. The van der Waals surface area contributed by atoms with Crippen LogP contribution in [0.25, 0.3) is 0 Å². The average Bonchev–Trinajstić information content (AvgIpc) is 2.70. The zero-order chi connectivity index (χ0) is 15.4. The number of pyridine rings is 1. The number of likely N-dealkylation sites (N-methyl/N-ethyl adjacent to an activating group) is 1. The third-order valence-corrected chi connectivity index (χ3v) is 4.11. The Hall–Kier alpha value is -1.82. The van der Waals surface area contributed by atoms with E-state index < -0.39 is 0 Å². The highest BCUT2D eigenvalue weighted by molar-refractivity contribution is 6.30. The van der Waals surface area contributed by atoms with Crippen molar-refractivity contribution in [2.24, 2.45) is 0 Å². The van der Waals surface area contributed by atoms with Crippen LogP contribution in [0.5, 0.6) is 0 Å². The lowest BCUT2D eigenvalue weighted by molar-refractivity contribution is 0.360. The summed E-state index contributed by atoms with van der Waals surface area (Å²) in [6, 6.07) is 4.29. The highest BCUT2D eigenvalue weighted by Crippen LogP contribution is 2.29. The summed E-state index contributed by atoms with van der Waals surface area (Å²) in [4.78, 5) is 8.71. The van der Waals surface area contributed by atoms with E-state index in [1.54, 1.807) is 0 Å². The monoisotopic (exact) mass is 303 g/mol. The number of nitriles is 2. The van der Waals surface area contributed by atoms with Crippen molar-refractivity contribution >= 4 is 17.4 Å². The van der Waals surface area contributed by atoms with Crippen LogP contribution in [0, 0.1) is 22.7 Å². The predicted octanol–water partition coefficient (Wildman–Crippen LogP) is 2.18. The average molecular weight is 304 g/mol. The van der Waals surface area contributed by atoms with Gasteiger partial charge in [0.2, 0.25) is 0 Å². The molecule has 1 aliphatic rings. The molecule has 0 radical (unpaired) electrons. The number of hydrogen-bond acceptors (Lipinski definition) is 5. The largest absolute Gasteiger partial charge is 0.354 e. The highest BCUT2D eigenvalue weighted by Gasteiger charge is 2.23. The molecule has 5 nitrogen and oxygen atoms in total. The second kappa shape index (κ2) is 6.76. The topological polar surface area (TPSA) is 67.0 Å². The van der Waals surface area contributed by atoms with Gasteiger partial charge in [0.1, 0.15) is 23.1 Å². The Bertz CT molecular complexity index is 614. The van der Waals surface area contributed by atoms with Crippen LogP contribution in [0.4, 0.5) is 5.82 Å². The summed E-state index contributed by atoms with van der Waals surface area (Å²) in [6.45, 7) is 5.53. The molecule has 1 aromatic rings. The summed E-state index contributed by atoms with van der Waals surface area (Å²) in [5.74, 6) is 0.619. The molecule has 0 aromatic carbocycles. The Morgan fingerprint density at radius 3 is 2.48 bits per heavy atom. The lowest BCUT2D eigenvalue weighted by Crippen LogP contribution is -2.30. The van der Waals surface area contributed by atoms with Crippen LogP contribution in [-0.2, 0) is 6.42 Å². The molecule has 0 amide bonds. The van der Waals surface area contributed by atoms with Crippen molar-refractivity contribution in [3.63, 3.8) is 0 Å². The molecule has 21 heavy (non-hydrogen) atoms. The van der Waals surface area contributed by atoms with E-state index >= 15 is 0 Å². The predicted molar refractivity (Wildman–Crippen MR) is 82.4 cm³/mol. The van der Waals surface area contributed by atoms with Gasteiger partial charge in [-0.3, -0.25) is 0 Å². The summed E-state index contributed by atoms with van der Waals surface area (Å²) < 4.78 is 0. The molecule has 110 valence electrons. The fraction of sp³-hybridized carbons (Fsp3) is 0.533. The Labute approximate surface area is 130 Å². The molecule has 0 saturated carbocycles. The summed E-state index contributed by atoms with van der Waals surface area (Å²) >= 11 is 6.15. The van der Waals surface area contributed by atoms with Crippen LogP contribution in [0.15, 0.2) is 0 Å². The Morgan fingerprint density at radius 1 is 1.14 bits per heavy atom. The Kier molecular flexibility index (Phi) is 5.01. The van der Waals surface area contributed by atoms with Gasteiger partial charge in [-0.1, -0.05) is 18.5 Å². The Balaban J connectivity index is 2.51. The van der Waals surface area contributed by atoms with E-state index in [1.807, 2.05) is 6.92 Å². The van der Waals surface area contributed by atoms with Gasteiger partial charge in [-0.15, -0.1) is 0 Å². The molecule has 0 N–H and O–H groups in total. The van der Waals surface area contributed by atoms with Crippen molar-refractivity contribution < 1.29 is 0 Å². The molecule has 0 bridgehead atoms. The minimum absolute atomic E-state index is 0.195. The maximum atomic E-state index is 9.51. The smallest absolute Gasteiger partial charge is 0.149 e. The van der Waals surface area contributed by atoms with E-state index in [-0.39, 0.29) is 5.15 Å². The van der Waals surface area contributed by atoms with Gasteiger partial charge in [0.05, 0.1) is 11.1 Å². The van der Waals surface area contributed by atoms with E-state index in [1.165, 1.54) is 0 Å². The molecular formula is C15H18ClN5. The fourth-order valence-corrected chi connectivity index (χ4v) is 2.90. The van der Waals surface area contributed by atoms with Gasteiger partial charge in [0, 0.05) is 19.6 Å². The van der Waals surface area contributed by atoms with Crippen LogP contribution in [0.3, 0.4) is 0 Å². The Morgan fingerprint density at radius 2 is 1.86 bits per heavy atom. The van der Waals surface area contributed by atoms with Gasteiger partial charge in [-0.05, 0) is 32.0 Å². The summed E-state index contributed by atoms with van der Waals surface area (Å²) in [5.41, 5.74) is 1.52. The first-order chi connectivity index (χ1) is 10.1. The first-order valence-electron chi connectivity index (χ1n) is 7.08. The number of aromatic nitrogens is 1. The second-order valence-corrected chi connectivity index (χ2v) is 5.53. The normalized spacial score (nSPS) is 16.1. The molecule has 0 spiro atoms. The van der Waals surface area contributed by atoms with Crippen molar-refractivity contribution in [2.45, 2.75) is 19.8 Å². The lowest BCUT2D eigenvalue weighted by atomic mass is 10.0. The molecule has 1 aromatic heterocycles. The van der Waals surface area contributed by atoms with Crippen molar-refractivity contribution in [3.05, 3.63) is 21.8 Å². The number of nitrogens with zero attached hydrogens (tertiary/aromatic N) is 5. The zero-order valence-electron chi connectivity index (χ0n) is 12.4. The fourth-order valence-electron chi connectivity index (χ4n) is 2.66. The van der Waals surface area contributed by atoms with Crippen LogP contribution >= 0.6 is 11.6 Å². The molecule has 2 heterocycles. The van der Waals surface area contributed by atoms with E-state index in [0.717, 1.165) is 32.6 Å². The SMILES string of the molecule is CCc1c(C#N)c(Cl)nc(N2CCCN(C)CC2)c1C#N. The highest BCUT2D eigenvalue weighted by atomic mass is 35.5. The van der Waals surface area contributed by atoms with E-state index in [4.69, 9.17) is 11.6 Å². The quantitative estimate of drug-likeness (QED) is 0.783. The van der Waals surface area contributed by atoms with Gasteiger partial charge in [0.25, 0.3) is 0 Å². The van der Waals surface area contributed by atoms with Crippen molar-refractivity contribution in [3.8, 4) is 12.1 Å². The molecule has 1 aliphatic heterocycles. The van der Waals surface area contributed by atoms with E-state index in [2.05, 4.69) is 34.0 Å². The number of hydrogen-bond donors (Lipinski definition) is 0. The minimum atomic E-state index is 0.195. The van der Waals surface area contributed by atoms with E-state index in [0.29, 0.717) is 28.9 Å². The van der Waals surface area contributed by atoms with Crippen molar-refractivity contribution in [2.75, 3.05) is 38.1 Å². The molecule has 1 saturated heterocycles. The van der Waals surface area contributed by atoms with Crippen LogP contribution < -0.4 is 4.90 Å².